The second kappa shape index (κ2) is 22.8. The Balaban J connectivity index is 0.885. The summed E-state index contributed by atoms with van der Waals surface area (Å²) in [5.41, 5.74) is 20.4. The number of rotatable bonds is 19. The van der Waals surface area contributed by atoms with Crippen LogP contribution in [0.1, 0.15) is 113 Å². The third-order valence-corrected chi connectivity index (χ3v) is 14.8. The van der Waals surface area contributed by atoms with Gasteiger partial charge in [-0.25, -0.2) is 4.98 Å². The number of aryl methyl sites for hydroxylation is 3. The minimum atomic E-state index is -0.925. The van der Waals surface area contributed by atoms with Gasteiger partial charge in [-0.05, 0) is 90.8 Å². The van der Waals surface area contributed by atoms with Crippen molar-refractivity contribution in [1.82, 2.24) is 15.2 Å². The molecule has 1 fully saturated rings. The molecule has 0 aliphatic carbocycles. The molecule has 3 aromatic carbocycles. The summed E-state index contributed by atoms with van der Waals surface area (Å²) in [6.07, 6.45) is 2.07. The normalized spacial score (nSPS) is 19.9. The zero-order valence-electron chi connectivity index (χ0n) is 40.9. The number of benzene rings is 3. The number of Topliss-reactive ketones (excluding diaryl/α,β-unsaturated/α-hetero) is 2. The van der Waals surface area contributed by atoms with Gasteiger partial charge in [-0.3, -0.25) is 33.7 Å². The van der Waals surface area contributed by atoms with Crippen LogP contribution in [-0.2, 0) is 59.4 Å². The number of ether oxygens (including phenoxy) is 1. The highest BCUT2D eigenvalue weighted by Crippen LogP contribution is 2.40. The number of aromatic nitrogens is 1. The summed E-state index contributed by atoms with van der Waals surface area (Å²) >= 11 is 1.58. The number of nitrogens with one attached hydrogen (secondary N) is 1. The van der Waals surface area contributed by atoms with E-state index in [-0.39, 0.29) is 81.0 Å². The van der Waals surface area contributed by atoms with Crippen molar-refractivity contribution in [2.45, 2.75) is 148 Å². The number of aliphatic hydroxyl groups is 1. The van der Waals surface area contributed by atoms with E-state index in [2.05, 4.69) is 22.1 Å². The number of primary amides is 1. The number of amides is 4. The lowest BCUT2D eigenvalue weighted by molar-refractivity contribution is -0.143. The highest BCUT2D eigenvalue weighted by molar-refractivity contribution is 7.13. The summed E-state index contributed by atoms with van der Waals surface area (Å²) < 4.78 is 6.28. The zero-order valence-corrected chi connectivity index (χ0v) is 41.7. The summed E-state index contributed by atoms with van der Waals surface area (Å²) in [5, 5.41) is 13.6. The predicted octanol–water partition coefficient (Wildman–Crippen LogP) is 5.92. The van der Waals surface area contributed by atoms with E-state index in [1.165, 1.54) is 4.90 Å². The topological polar surface area (TPSA) is 215 Å². The van der Waals surface area contributed by atoms with Crippen LogP contribution in [0, 0.1) is 30.1 Å². The van der Waals surface area contributed by atoms with Crippen molar-refractivity contribution in [3.63, 3.8) is 0 Å². The maximum Gasteiger partial charge on any atom is 0.246 e. The van der Waals surface area contributed by atoms with Crippen LogP contribution in [0.25, 0.3) is 10.4 Å². The molecule has 3 aliphatic heterocycles. The van der Waals surface area contributed by atoms with Gasteiger partial charge in [0.05, 0.1) is 58.7 Å². The van der Waals surface area contributed by atoms with Gasteiger partial charge >= 0.3 is 0 Å². The summed E-state index contributed by atoms with van der Waals surface area (Å²) in [6.45, 7) is 9.69. The molecule has 4 amide bonds. The van der Waals surface area contributed by atoms with Crippen molar-refractivity contribution in [2.75, 3.05) is 11.4 Å². The summed E-state index contributed by atoms with van der Waals surface area (Å²) in [6, 6.07) is 18.4. The van der Waals surface area contributed by atoms with E-state index in [0.29, 0.717) is 32.1 Å². The molecule has 4 aromatic rings. The van der Waals surface area contributed by atoms with Crippen LogP contribution < -0.4 is 21.7 Å². The maximum absolute atomic E-state index is 14.1. The summed E-state index contributed by atoms with van der Waals surface area (Å²) in [5.74, 6) is 4.16. The largest absolute Gasteiger partial charge is 0.391 e. The molecule has 7 rings (SSSR count). The van der Waals surface area contributed by atoms with Crippen molar-refractivity contribution < 1.29 is 38.6 Å². The highest BCUT2D eigenvalue weighted by Gasteiger charge is 2.45. The maximum atomic E-state index is 14.1. The quantitative estimate of drug-likeness (QED) is 0.0814. The molecule has 370 valence electrons. The fraction of sp³-hybridized carbons (Fsp3) is 0.473. The lowest BCUT2D eigenvalue weighted by Crippen LogP contribution is -2.56. The number of nitrogens with two attached hydrogens (primary N) is 2. The Morgan fingerprint density at radius 2 is 1.67 bits per heavy atom. The highest BCUT2D eigenvalue weighted by atomic mass is 32.1. The first-order chi connectivity index (χ1) is 33.4. The van der Waals surface area contributed by atoms with Gasteiger partial charge in [0.25, 0.3) is 0 Å². The van der Waals surface area contributed by atoms with Crippen molar-refractivity contribution in [3.05, 3.63) is 106 Å². The minimum absolute atomic E-state index is 0.0186. The van der Waals surface area contributed by atoms with Gasteiger partial charge < -0.3 is 31.5 Å². The van der Waals surface area contributed by atoms with E-state index < -0.39 is 53.6 Å². The molecule has 4 heterocycles. The Hall–Kier alpha value is -6.05. The first-order valence-electron chi connectivity index (χ1n) is 24.4. The lowest BCUT2D eigenvalue weighted by atomic mass is 9.85. The van der Waals surface area contributed by atoms with Crippen LogP contribution in [0.3, 0.4) is 0 Å². The number of thiazole rings is 1. The minimum Gasteiger partial charge on any atom is -0.391 e. The van der Waals surface area contributed by atoms with Crippen molar-refractivity contribution in [1.29, 1.82) is 0 Å². The molecule has 1 aromatic heterocycles. The Labute approximate surface area is 414 Å². The Morgan fingerprint density at radius 1 is 0.957 bits per heavy atom. The van der Waals surface area contributed by atoms with Crippen LogP contribution in [0.5, 0.6) is 0 Å². The fourth-order valence-electron chi connectivity index (χ4n) is 9.77. The van der Waals surface area contributed by atoms with E-state index in [9.17, 15) is 33.9 Å². The predicted molar refractivity (Wildman–Crippen MR) is 269 cm³/mol. The second-order valence-corrected chi connectivity index (χ2v) is 21.0. The number of para-hydroxylation sites is 1. The van der Waals surface area contributed by atoms with Crippen LogP contribution in [0.4, 0.5) is 5.69 Å². The first kappa shape index (κ1) is 51.8. The molecule has 0 unspecified atom stereocenters. The number of aliphatic hydroxyl groups excluding tert-OH is 1. The van der Waals surface area contributed by atoms with Crippen molar-refractivity contribution in [2.24, 2.45) is 22.8 Å². The fourth-order valence-corrected chi connectivity index (χ4v) is 10.6. The molecule has 6 N–H and O–H groups in total. The average Bonchev–Trinajstić information content (AvgIpc) is 4.05. The van der Waals surface area contributed by atoms with Crippen LogP contribution in [-0.4, -0.2) is 93.1 Å². The van der Waals surface area contributed by atoms with Gasteiger partial charge in [-0.1, -0.05) is 87.2 Å². The SMILES string of the molecule is Cc1ncsc1-c1ccc(CCC(=O)[C@@H]2C[C@@H](O)CN2C(=O)[C@@H](NC(=O)CCC#Cc2ccc(CO[C@H](C)[C@H](CCC(N)=O)CC(=O)[C@@H]3Cc4cccc5c4N3C(=O)[C@@H](N)CC5)cc2)C(C)(C)C)cc1. The average molecular weight is 971 g/mol. The number of likely N-dealkylation sites (tertiary alicyclic amines) is 1. The smallest absolute Gasteiger partial charge is 0.246 e. The Kier molecular flexibility index (Phi) is 16.9. The van der Waals surface area contributed by atoms with Crippen LogP contribution >= 0.6 is 11.3 Å². The molecule has 14 nitrogen and oxygen atoms in total. The number of hydrogen-bond acceptors (Lipinski definition) is 11. The molecule has 0 radical (unpaired) electrons. The van der Waals surface area contributed by atoms with E-state index in [4.69, 9.17) is 16.2 Å². The molecule has 7 atom stereocenters. The number of nitrogens with zero attached hydrogens (tertiary/aromatic N) is 3. The molecule has 15 heteroatoms. The Bertz CT molecular complexity index is 2630. The second-order valence-electron chi connectivity index (χ2n) is 20.1. The number of anilines is 1. The number of carbonyl (C=O) groups is 6. The van der Waals surface area contributed by atoms with Crippen molar-refractivity contribution in [3.8, 4) is 22.3 Å². The van der Waals surface area contributed by atoms with Crippen LogP contribution in [0.2, 0.25) is 0 Å². The zero-order chi connectivity index (χ0) is 50.3. The van der Waals surface area contributed by atoms with E-state index >= 15 is 0 Å². The molecule has 0 bridgehead atoms. The summed E-state index contributed by atoms with van der Waals surface area (Å²) in [7, 11) is 0. The van der Waals surface area contributed by atoms with E-state index in [0.717, 1.165) is 49.6 Å². The van der Waals surface area contributed by atoms with E-state index in [1.807, 2.05) is 107 Å². The van der Waals surface area contributed by atoms with Gasteiger partial charge in [0.1, 0.15) is 6.04 Å². The van der Waals surface area contributed by atoms with Gasteiger partial charge in [-0.15, -0.1) is 11.3 Å². The molecule has 0 spiro atoms. The molecular weight excluding hydrogens is 905 g/mol. The van der Waals surface area contributed by atoms with Gasteiger partial charge in [0, 0.05) is 57.1 Å². The summed E-state index contributed by atoms with van der Waals surface area (Å²) in [4.78, 5) is 88.8. The van der Waals surface area contributed by atoms with Crippen molar-refractivity contribution >= 4 is 52.2 Å². The molecule has 70 heavy (non-hydrogen) atoms. The Morgan fingerprint density at radius 3 is 2.36 bits per heavy atom. The number of β-amino-alcohol motifs (C(OH)–C–C–N with tert-alkyl or cyclic N) is 1. The van der Waals surface area contributed by atoms with E-state index in [1.54, 1.807) is 16.2 Å². The number of carbonyl (C=O) groups excluding carboxylic acids is 6. The molecule has 0 saturated carbocycles. The molecular formula is C55H66N6O8S. The number of hydrogen-bond donors (Lipinski definition) is 4. The van der Waals surface area contributed by atoms with Crippen LogP contribution in [0.15, 0.2) is 72.2 Å². The van der Waals surface area contributed by atoms with Gasteiger partial charge in [0.2, 0.25) is 23.6 Å². The van der Waals surface area contributed by atoms with Gasteiger partial charge in [0.15, 0.2) is 11.6 Å². The van der Waals surface area contributed by atoms with Gasteiger partial charge in [-0.2, -0.15) is 0 Å². The first-order valence-corrected chi connectivity index (χ1v) is 25.3. The third kappa shape index (κ3) is 12.6. The third-order valence-electron chi connectivity index (χ3n) is 13.9. The molecule has 3 aliphatic rings. The number of ketones is 2. The molecule has 1 saturated heterocycles. The lowest BCUT2D eigenvalue weighted by Gasteiger charge is -2.35. The standard InChI is InChI=1S/C55H66N6O8S/c1-33-51(70-32-58-33)39-20-17-36(18-21-39)19-25-46(63)44-29-42(62)30-60(44)54(68)52(55(3,4)5)59-49(66)12-7-6-9-35-13-15-37(16-14-35)31-69-34(2)40(23-26-48(57)65)28-47(64)45-27-41-11-8-10-38-22-24-43(56)53(67)61(45)50(38)41/h8,10-11,13-18,20-21,32,34,40,42-45,52,62H,7,12,19,22-31,56H2,1-5H3,(H2,57,65)(H,59,66)/t34-,40-,42-,43+,44+,45+,52-/m1/s1. The monoisotopic (exact) mass is 970 g/mol.